The van der Waals surface area contributed by atoms with E-state index in [0.29, 0.717) is 0 Å². The number of rotatable bonds is 3. The maximum absolute atomic E-state index is 6.77. The molecule has 1 fully saturated rings. The molecule has 1 aliphatic carbocycles. The molecule has 0 spiro atoms. The summed E-state index contributed by atoms with van der Waals surface area (Å²) >= 11 is 0. The third kappa shape index (κ3) is 9.60. The van der Waals surface area contributed by atoms with E-state index in [1.807, 2.05) is 0 Å². The molecule has 2 heteroatoms. The normalized spacial score (nSPS) is 11.4. The van der Waals surface area contributed by atoms with E-state index in [1.54, 1.807) is 24.3 Å². The Kier molecular flexibility index (Phi) is 13.3. The van der Waals surface area contributed by atoms with Gasteiger partial charge in [-0.1, -0.05) is 141 Å². The molecule has 0 amide bonds. The van der Waals surface area contributed by atoms with Crippen LogP contribution in [0, 0.1) is 24.7 Å². The first-order valence-electron chi connectivity index (χ1n) is 11.8. The SMILES string of the molecule is C1CCCC1.[C-]#Cc1ccc(C#C)cc1.[Ni+2].c1ccc(P(c2ccccc2)c2ccccc2)cc1. The summed E-state index contributed by atoms with van der Waals surface area (Å²) < 4.78 is 0. The fraction of sp³-hybridized carbons (Fsp3) is 0.152. The summed E-state index contributed by atoms with van der Waals surface area (Å²) in [6.45, 7) is 0. The summed E-state index contributed by atoms with van der Waals surface area (Å²) in [5.41, 5.74) is 1.58. The van der Waals surface area contributed by atoms with E-state index in [4.69, 9.17) is 12.8 Å². The van der Waals surface area contributed by atoms with Crippen LogP contribution in [0.15, 0.2) is 115 Å². The van der Waals surface area contributed by atoms with E-state index in [1.165, 1.54) is 48.0 Å². The molecule has 0 aromatic heterocycles. The molecule has 35 heavy (non-hydrogen) atoms. The molecule has 0 aliphatic heterocycles. The molecular formula is C33H30NiP+. The first-order valence-corrected chi connectivity index (χ1v) is 13.1. The van der Waals surface area contributed by atoms with Crippen LogP contribution in [-0.2, 0) is 16.5 Å². The molecule has 5 rings (SSSR count). The van der Waals surface area contributed by atoms with Gasteiger partial charge in [-0.05, 0) is 23.8 Å². The van der Waals surface area contributed by atoms with Crippen molar-refractivity contribution in [1.29, 1.82) is 0 Å². The summed E-state index contributed by atoms with van der Waals surface area (Å²) in [6, 6.07) is 39.4. The second-order valence-corrected chi connectivity index (χ2v) is 10.2. The molecule has 0 N–H and O–H groups in total. The first-order chi connectivity index (χ1) is 16.8. The Labute approximate surface area is 222 Å². The van der Waals surface area contributed by atoms with E-state index in [9.17, 15) is 0 Å². The van der Waals surface area contributed by atoms with Crippen LogP contribution < -0.4 is 15.9 Å². The van der Waals surface area contributed by atoms with Crippen molar-refractivity contribution in [1.82, 2.24) is 0 Å². The zero-order chi connectivity index (χ0) is 23.8. The van der Waals surface area contributed by atoms with Crippen LogP contribution in [0.25, 0.3) is 0 Å². The van der Waals surface area contributed by atoms with Gasteiger partial charge in [0.05, 0.1) is 0 Å². The van der Waals surface area contributed by atoms with Gasteiger partial charge in [0.1, 0.15) is 0 Å². The average molecular weight is 516 g/mol. The Morgan fingerprint density at radius 2 is 0.829 bits per heavy atom. The van der Waals surface area contributed by atoms with Crippen LogP contribution in [0.5, 0.6) is 0 Å². The largest absolute Gasteiger partial charge is 2.00 e. The Morgan fingerprint density at radius 1 is 0.514 bits per heavy atom. The minimum atomic E-state index is -0.446. The van der Waals surface area contributed by atoms with Gasteiger partial charge in [0.25, 0.3) is 0 Å². The van der Waals surface area contributed by atoms with Crippen molar-refractivity contribution in [2.45, 2.75) is 32.1 Å². The van der Waals surface area contributed by atoms with Gasteiger partial charge in [-0.15, -0.1) is 24.1 Å². The maximum Gasteiger partial charge on any atom is 2.00 e. The van der Waals surface area contributed by atoms with Crippen LogP contribution in [0.1, 0.15) is 43.2 Å². The molecule has 0 heterocycles. The summed E-state index contributed by atoms with van der Waals surface area (Å²) in [6.07, 6.45) is 19.4. The van der Waals surface area contributed by atoms with Crippen LogP contribution in [0.2, 0.25) is 0 Å². The van der Waals surface area contributed by atoms with Gasteiger partial charge in [-0.2, -0.15) is 0 Å². The topological polar surface area (TPSA) is 0 Å². The fourth-order valence-corrected chi connectivity index (χ4v) is 6.02. The van der Waals surface area contributed by atoms with E-state index >= 15 is 0 Å². The Balaban J connectivity index is 0.000000225. The molecule has 0 unspecified atom stereocenters. The fourth-order valence-electron chi connectivity index (χ4n) is 3.71. The van der Waals surface area contributed by atoms with E-state index in [0.717, 1.165) is 11.1 Å². The summed E-state index contributed by atoms with van der Waals surface area (Å²) in [4.78, 5) is 0. The number of hydrogen-bond acceptors (Lipinski definition) is 0. The van der Waals surface area contributed by atoms with E-state index in [-0.39, 0.29) is 16.5 Å². The molecule has 0 saturated heterocycles. The zero-order valence-electron chi connectivity index (χ0n) is 19.8. The average Bonchev–Trinajstić information content (AvgIpc) is 3.52. The van der Waals surface area contributed by atoms with Gasteiger partial charge in [-0.3, -0.25) is 5.92 Å². The molecule has 176 valence electrons. The molecule has 4 aromatic carbocycles. The second-order valence-electron chi connectivity index (χ2n) is 7.96. The molecular weight excluding hydrogens is 486 g/mol. The number of hydrogen-bond donors (Lipinski definition) is 0. The predicted molar refractivity (Wildman–Crippen MR) is 149 cm³/mol. The smallest absolute Gasteiger partial charge is 0.366 e. The molecule has 0 atom stereocenters. The second kappa shape index (κ2) is 16.5. The van der Waals surface area contributed by atoms with Gasteiger partial charge in [0.2, 0.25) is 0 Å². The van der Waals surface area contributed by atoms with Crippen molar-refractivity contribution in [3.8, 4) is 18.3 Å². The van der Waals surface area contributed by atoms with Crippen molar-refractivity contribution in [3.05, 3.63) is 133 Å². The van der Waals surface area contributed by atoms with Gasteiger partial charge < -0.3 is 6.42 Å². The van der Waals surface area contributed by atoms with Crippen molar-refractivity contribution in [2.75, 3.05) is 0 Å². The minimum Gasteiger partial charge on any atom is -0.366 e. The Bertz CT molecular complexity index is 1030. The summed E-state index contributed by atoms with van der Waals surface area (Å²) in [5, 5.41) is 4.19. The van der Waals surface area contributed by atoms with Crippen LogP contribution in [0.3, 0.4) is 0 Å². The van der Waals surface area contributed by atoms with Gasteiger partial charge >= 0.3 is 16.5 Å². The van der Waals surface area contributed by atoms with Crippen LogP contribution in [0.4, 0.5) is 0 Å². The Hall–Kier alpha value is -3.08. The molecule has 0 nitrogen and oxygen atoms in total. The zero-order valence-corrected chi connectivity index (χ0v) is 21.7. The van der Waals surface area contributed by atoms with Crippen molar-refractivity contribution in [3.63, 3.8) is 0 Å². The molecule has 1 aliphatic rings. The third-order valence-corrected chi connectivity index (χ3v) is 7.93. The monoisotopic (exact) mass is 515 g/mol. The van der Waals surface area contributed by atoms with Gasteiger partial charge in [0, 0.05) is 5.56 Å². The summed E-state index contributed by atoms with van der Waals surface area (Å²) in [5.74, 6) is 4.75. The standard InChI is InChI=1S/C18H15P.C10H5.C5H10.Ni/c1-4-10-16(11-5-1)19(17-12-6-2-7-13-17)18-14-8-3-9-15-18;1-3-9-5-7-10(4-2)8-6-9;1-2-4-5-3-1;/h1-15H;1,5-8H;1-5H2;/q;-1;;+2. The van der Waals surface area contributed by atoms with Gasteiger partial charge in [0.15, 0.2) is 0 Å². The Morgan fingerprint density at radius 3 is 1.11 bits per heavy atom. The molecule has 0 bridgehead atoms. The molecule has 0 radical (unpaired) electrons. The molecule has 4 aromatic rings. The van der Waals surface area contributed by atoms with Crippen molar-refractivity contribution >= 4 is 23.8 Å². The number of benzene rings is 4. The van der Waals surface area contributed by atoms with Crippen LogP contribution in [-0.4, -0.2) is 0 Å². The molecule has 1 saturated carbocycles. The summed E-state index contributed by atoms with van der Waals surface area (Å²) in [7, 11) is -0.446. The quantitative estimate of drug-likeness (QED) is 0.119. The minimum absolute atomic E-state index is 0. The maximum atomic E-state index is 6.77. The van der Waals surface area contributed by atoms with Crippen molar-refractivity contribution in [2.24, 2.45) is 0 Å². The van der Waals surface area contributed by atoms with Crippen molar-refractivity contribution < 1.29 is 16.5 Å². The van der Waals surface area contributed by atoms with Gasteiger partial charge in [-0.25, -0.2) is 0 Å². The first kappa shape index (κ1) is 28.2. The predicted octanol–water partition coefficient (Wildman–Crippen LogP) is 7.00. The van der Waals surface area contributed by atoms with E-state index < -0.39 is 7.92 Å². The van der Waals surface area contributed by atoms with E-state index in [2.05, 4.69) is 103 Å². The third-order valence-electron chi connectivity index (χ3n) is 5.49. The van der Waals surface area contributed by atoms with Crippen LogP contribution >= 0.6 is 7.92 Å². The number of terminal acetylenes is 1.